The average molecular weight is 180 g/mol. The van der Waals surface area contributed by atoms with Gasteiger partial charge in [0.1, 0.15) is 0 Å². The van der Waals surface area contributed by atoms with E-state index >= 15 is 0 Å². The summed E-state index contributed by atoms with van der Waals surface area (Å²) in [5, 5.41) is 0. The summed E-state index contributed by atoms with van der Waals surface area (Å²) in [5.74, 6) is 0. The van der Waals surface area contributed by atoms with Gasteiger partial charge in [0.15, 0.2) is 6.29 Å². The van der Waals surface area contributed by atoms with Crippen molar-refractivity contribution in [2.45, 2.75) is 13.3 Å². The van der Waals surface area contributed by atoms with Gasteiger partial charge in [-0.15, -0.1) is 0 Å². The summed E-state index contributed by atoms with van der Waals surface area (Å²) in [6.45, 7) is 1.71. The first kappa shape index (κ1) is 10.5. The maximum absolute atomic E-state index is 10.7. The van der Waals surface area contributed by atoms with Gasteiger partial charge in [0.2, 0.25) is 0 Å². The summed E-state index contributed by atoms with van der Waals surface area (Å²) >= 11 is 0. The van der Waals surface area contributed by atoms with Crippen molar-refractivity contribution in [2.75, 3.05) is 6.61 Å². The Morgan fingerprint density at radius 1 is 1.73 bits per heavy atom. The van der Waals surface area contributed by atoms with Crippen LogP contribution >= 0.6 is 7.60 Å². The molecule has 11 heavy (non-hydrogen) atoms. The van der Waals surface area contributed by atoms with Crippen LogP contribution in [0.2, 0.25) is 0 Å². The third kappa shape index (κ3) is 3.41. The quantitative estimate of drug-likeness (QED) is 0.374. The molecule has 0 aliphatic rings. The normalized spacial score (nSPS) is 15.5. The second-order valence-electron chi connectivity index (χ2n) is 1.81. The van der Waals surface area contributed by atoms with Gasteiger partial charge in [-0.25, -0.2) is 0 Å². The molecule has 1 atom stereocenters. The van der Waals surface area contributed by atoms with E-state index in [0.29, 0.717) is 6.42 Å². The van der Waals surface area contributed by atoms with Gasteiger partial charge in [0, 0.05) is 0 Å². The van der Waals surface area contributed by atoms with Crippen LogP contribution < -0.4 is 0 Å². The van der Waals surface area contributed by atoms with E-state index in [-0.39, 0.29) is 12.9 Å². The molecule has 0 fully saturated rings. The molecule has 5 nitrogen and oxygen atoms in total. The monoisotopic (exact) mass is 180 g/mol. The second-order valence-corrected chi connectivity index (χ2v) is 3.55. The van der Waals surface area contributed by atoms with Crippen molar-refractivity contribution in [1.82, 2.24) is 0 Å². The molecule has 0 aliphatic carbocycles. The van der Waals surface area contributed by atoms with Crippen LogP contribution in [0.4, 0.5) is 0 Å². The SMILES string of the molecule is CCCOP(=O)(O)C(=O)C=O. The van der Waals surface area contributed by atoms with Crippen molar-refractivity contribution in [2.24, 2.45) is 0 Å². The molecule has 0 spiro atoms. The molecule has 0 bridgehead atoms. The van der Waals surface area contributed by atoms with Crippen LogP contribution in [0.3, 0.4) is 0 Å². The van der Waals surface area contributed by atoms with E-state index in [2.05, 4.69) is 4.52 Å². The Bertz CT molecular complexity index is 199. The van der Waals surface area contributed by atoms with Crippen molar-refractivity contribution in [3.8, 4) is 0 Å². The molecule has 0 rings (SSSR count). The van der Waals surface area contributed by atoms with Gasteiger partial charge in [-0.3, -0.25) is 14.2 Å². The van der Waals surface area contributed by atoms with Crippen LogP contribution in [-0.2, 0) is 18.7 Å². The zero-order chi connectivity index (χ0) is 8.91. The Hall–Kier alpha value is -0.510. The Balaban J connectivity index is 4.10. The summed E-state index contributed by atoms with van der Waals surface area (Å²) in [6.07, 6.45) is 0.299. The fraction of sp³-hybridized carbons (Fsp3) is 0.600. The van der Waals surface area contributed by atoms with Crippen LogP contribution in [0.5, 0.6) is 0 Å². The highest BCUT2D eigenvalue weighted by atomic mass is 31.2. The lowest BCUT2D eigenvalue weighted by atomic mass is 10.5. The van der Waals surface area contributed by atoms with E-state index in [9.17, 15) is 14.2 Å². The lowest BCUT2D eigenvalue weighted by Crippen LogP contribution is -2.04. The molecule has 64 valence electrons. The van der Waals surface area contributed by atoms with E-state index in [1.807, 2.05) is 0 Å². The van der Waals surface area contributed by atoms with Gasteiger partial charge < -0.3 is 9.42 Å². The molecule has 6 heteroatoms. The van der Waals surface area contributed by atoms with Gasteiger partial charge in [-0.2, -0.15) is 0 Å². The first-order valence-corrected chi connectivity index (χ1v) is 4.59. The van der Waals surface area contributed by atoms with Gasteiger partial charge in [0.25, 0.3) is 0 Å². The third-order valence-corrected chi connectivity index (χ3v) is 2.04. The van der Waals surface area contributed by atoms with Gasteiger partial charge in [-0.05, 0) is 6.42 Å². The highest BCUT2D eigenvalue weighted by molar-refractivity contribution is 7.73. The Kier molecular flexibility index (Phi) is 4.18. The van der Waals surface area contributed by atoms with Crippen LogP contribution in [0.1, 0.15) is 13.3 Å². The van der Waals surface area contributed by atoms with Crippen LogP contribution in [0, 0.1) is 0 Å². The lowest BCUT2D eigenvalue weighted by molar-refractivity contribution is -0.126. The summed E-state index contributed by atoms with van der Waals surface area (Å²) < 4.78 is 14.9. The smallest absolute Gasteiger partial charge is 0.319 e. The van der Waals surface area contributed by atoms with E-state index in [1.54, 1.807) is 6.92 Å². The molecule has 0 radical (unpaired) electrons. The number of carbonyl (C=O) groups excluding carboxylic acids is 2. The average Bonchev–Trinajstić information content (AvgIpc) is 1.99. The van der Waals surface area contributed by atoms with Crippen molar-refractivity contribution in [3.63, 3.8) is 0 Å². The molecule has 0 aromatic carbocycles. The molecule has 0 amide bonds. The molecular formula is C5H9O5P. The zero-order valence-electron chi connectivity index (χ0n) is 6.02. The first-order valence-electron chi connectivity index (χ1n) is 3.01. The van der Waals surface area contributed by atoms with E-state index in [4.69, 9.17) is 4.89 Å². The van der Waals surface area contributed by atoms with E-state index < -0.39 is 13.1 Å². The largest absolute Gasteiger partial charge is 0.401 e. The van der Waals surface area contributed by atoms with Crippen LogP contribution in [0.15, 0.2) is 0 Å². The summed E-state index contributed by atoms with van der Waals surface area (Å²) in [5.41, 5.74) is -1.40. The number of hydrogen-bond donors (Lipinski definition) is 1. The van der Waals surface area contributed by atoms with Crippen molar-refractivity contribution >= 4 is 19.4 Å². The number of aldehydes is 1. The maximum atomic E-state index is 10.7. The van der Waals surface area contributed by atoms with Crippen LogP contribution in [-0.4, -0.2) is 23.3 Å². The van der Waals surface area contributed by atoms with Crippen molar-refractivity contribution in [1.29, 1.82) is 0 Å². The molecule has 1 N–H and O–H groups in total. The molecule has 0 aromatic rings. The van der Waals surface area contributed by atoms with Gasteiger partial charge in [-0.1, -0.05) is 6.92 Å². The predicted molar refractivity (Wildman–Crippen MR) is 37.1 cm³/mol. The second kappa shape index (κ2) is 4.38. The molecule has 0 aromatic heterocycles. The lowest BCUT2D eigenvalue weighted by Gasteiger charge is -2.05. The minimum atomic E-state index is -4.31. The molecule has 0 saturated heterocycles. The Labute approximate surface area is 63.9 Å². The Morgan fingerprint density at radius 3 is 2.64 bits per heavy atom. The van der Waals surface area contributed by atoms with Gasteiger partial charge >= 0.3 is 13.1 Å². The minimum Gasteiger partial charge on any atom is -0.319 e. The summed E-state index contributed by atoms with van der Waals surface area (Å²) in [7, 11) is -4.31. The molecule has 0 saturated carbocycles. The van der Waals surface area contributed by atoms with Gasteiger partial charge in [0.05, 0.1) is 6.61 Å². The highest BCUT2D eigenvalue weighted by Gasteiger charge is 2.29. The number of rotatable bonds is 5. The maximum Gasteiger partial charge on any atom is 0.401 e. The van der Waals surface area contributed by atoms with E-state index in [0.717, 1.165) is 0 Å². The van der Waals surface area contributed by atoms with Crippen LogP contribution in [0.25, 0.3) is 0 Å². The van der Waals surface area contributed by atoms with E-state index in [1.165, 1.54) is 0 Å². The molecular weight excluding hydrogens is 171 g/mol. The fourth-order valence-electron chi connectivity index (χ4n) is 0.345. The Morgan fingerprint density at radius 2 is 2.27 bits per heavy atom. The standard InChI is InChI=1S/C5H9O5P/c1-2-3-10-11(8,9)5(7)4-6/h4H,2-3H2,1H3,(H,8,9). The first-order chi connectivity index (χ1) is 5.04. The topological polar surface area (TPSA) is 80.7 Å². The minimum absolute atomic E-state index is 0.00659. The third-order valence-electron chi connectivity index (χ3n) is 0.850. The number of hydrogen-bond acceptors (Lipinski definition) is 4. The van der Waals surface area contributed by atoms with Crippen molar-refractivity contribution < 1.29 is 23.6 Å². The molecule has 0 aliphatic heterocycles. The van der Waals surface area contributed by atoms with Crippen molar-refractivity contribution in [3.05, 3.63) is 0 Å². The fourth-order valence-corrected chi connectivity index (χ4v) is 1.04. The summed E-state index contributed by atoms with van der Waals surface area (Å²) in [6, 6.07) is 0. The predicted octanol–water partition coefficient (Wildman–Crippen LogP) is 0.324. The molecule has 0 heterocycles. The zero-order valence-corrected chi connectivity index (χ0v) is 6.91. The number of carbonyl (C=O) groups is 2. The molecule has 1 unspecified atom stereocenters. The highest BCUT2D eigenvalue weighted by Crippen LogP contribution is 2.41. The summed E-state index contributed by atoms with van der Waals surface area (Å²) in [4.78, 5) is 28.8.